The monoisotopic (exact) mass is 534 g/mol. The quantitative estimate of drug-likeness (QED) is 0.379. The summed E-state index contributed by atoms with van der Waals surface area (Å²) in [6, 6.07) is 13.0. The molecule has 3 aromatic carbocycles. The van der Waals surface area contributed by atoms with Crippen LogP contribution in [0.2, 0.25) is 10.0 Å². The fourth-order valence-corrected chi connectivity index (χ4v) is 4.74. The Bertz CT molecular complexity index is 1280. The molecule has 0 spiro atoms. The van der Waals surface area contributed by atoms with Crippen molar-refractivity contribution in [3.8, 4) is 0 Å². The van der Waals surface area contributed by atoms with E-state index in [1.807, 2.05) is 0 Å². The van der Waals surface area contributed by atoms with Gasteiger partial charge in [-0.2, -0.15) is 17.5 Å². The lowest BCUT2D eigenvalue weighted by Crippen LogP contribution is -2.38. The molecule has 0 aromatic heterocycles. The average Bonchev–Trinajstić information content (AvgIpc) is 2.75. The molecule has 3 rings (SSSR count). The molecule has 5 nitrogen and oxygen atoms in total. The number of hydrogen-bond donors (Lipinski definition) is 1. The first-order valence-corrected chi connectivity index (χ1v) is 11.7. The van der Waals surface area contributed by atoms with Gasteiger partial charge in [0, 0.05) is 22.2 Å². The zero-order chi connectivity index (χ0) is 25.1. The van der Waals surface area contributed by atoms with Gasteiger partial charge < -0.3 is 5.32 Å². The molecular formula is C22H16Cl2F4N2O3S. The van der Waals surface area contributed by atoms with Crippen LogP contribution in [0.4, 0.5) is 23.2 Å². The predicted molar refractivity (Wildman–Crippen MR) is 121 cm³/mol. The fourth-order valence-electron chi connectivity index (χ4n) is 3.03. The Kier molecular flexibility index (Phi) is 7.87. The molecule has 0 unspecified atom stereocenters. The van der Waals surface area contributed by atoms with Crippen LogP contribution in [0, 0.1) is 5.82 Å². The number of amides is 1. The molecule has 180 valence electrons. The molecule has 0 bridgehead atoms. The van der Waals surface area contributed by atoms with Crippen molar-refractivity contribution < 1.29 is 30.8 Å². The molecule has 1 N–H and O–H groups in total. The lowest BCUT2D eigenvalue weighted by atomic mass is 10.1. The van der Waals surface area contributed by atoms with Gasteiger partial charge in [-0.15, -0.1) is 0 Å². The van der Waals surface area contributed by atoms with E-state index in [0.717, 1.165) is 24.3 Å². The van der Waals surface area contributed by atoms with E-state index in [0.29, 0.717) is 4.31 Å². The van der Waals surface area contributed by atoms with Gasteiger partial charge in [0.25, 0.3) is 0 Å². The van der Waals surface area contributed by atoms with Gasteiger partial charge in [-0.25, -0.2) is 12.8 Å². The van der Waals surface area contributed by atoms with Crippen LogP contribution in [0.15, 0.2) is 71.6 Å². The smallest absolute Gasteiger partial charge is 0.324 e. The SMILES string of the molecule is O=C(CN(Cc1c(F)cccc1Cl)S(=O)(=O)c1ccc(Cl)cc1)Nc1ccccc1C(F)(F)F. The molecule has 0 radical (unpaired) electrons. The van der Waals surface area contributed by atoms with Crippen molar-refractivity contribution in [2.24, 2.45) is 0 Å². The Morgan fingerprint density at radius 1 is 0.941 bits per heavy atom. The normalized spacial score (nSPS) is 12.1. The number of halogens is 6. The average molecular weight is 535 g/mol. The van der Waals surface area contributed by atoms with Crippen LogP contribution in [0.25, 0.3) is 0 Å². The first-order chi connectivity index (χ1) is 15.9. The summed E-state index contributed by atoms with van der Waals surface area (Å²) < 4.78 is 81.2. The van der Waals surface area contributed by atoms with Gasteiger partial charge in [0.05, 0.1) is 22.7 Å². The minimum Gasteiger partial charge on any atom is -0.324 e. The number of benzene rings is 3. The largest absolute Gasteiger partial charge is 0.418 e. The van der Waals surface area contributed by atoms with Crippen molar-refractivity contribution >= 4 is 44.8 Å². The van der Waals surface area contributed by atoms with Gasteiger partial charge in [-0.1, -0.05) is 41.4 Å². The van der Waals surface area contributed by atoms with E-state index in [1.165, 1.54) is 42.5 Å². The summed E-state index contributed by atoms with van der Waals surface area (Å²) in [5.41, 5.74) is -1.86. The van der Waals surface area contributed by atoms with Crippen molar-refractivity contribution in [1.82, 2.24) is 4.31 Å². The Morgan fingerprint density at radius 3 is 2.21 bits per heavy atom. The van der Waals surface area contributed by atoms with E-state index in [9.17, 15) is 30.8 Å². The van der Waals surface area contributed by atoms with Crippen LogP contribution in [0.3, 0.4) is 0 Å². The molecule has 0 aliphatic carbocycles. The molecule has 1 amide bonds. The highest BCUT2D eigenvalue weighted by Crippen LogP contribution is 2.34. The van der Waals surface area contributed by atoms with E-state index < -0.39 is 52.3 Å². The summed E-state index contributed by atoms with van der Waals surface area (Å²) in [7, 11) is -4.41. The number of rotatable bonds is 7. The van der Waals surface area contributed by atoms with Crippen LogP contribution < -0.4 is 5.32 Å². The second-order valence-electron chi connectivity index (χ2n) is 7.02. The molecule has 12 heteroatoms. The zero-order valence-corrected chi connectivity index (χ0v) is 19.4. The van der Waals surface area contributed by atoms with Crippen molar-refractivity contribution in [3.05, 3.63) is 93.7 Å². The summed E-state index contributed by atoms with van der Waals surface area (Å²) in [5.74, 6) is -1.88. The number of nitrogens with zero attached hydrogens (tertiary/aromatic N) is 1. The summed E-state index contributed by atoms with van der Waals surface area (Å²) in [6.45, 7) is -1.56. The van der Waals surface area contributed by atoms with E-state index in [1.54, 1.807) is 0 Å². The van der Waals surface area contributed by atoms with E-state index in [-0.39, 0.29) is 20.5 Å². The molecule has 0 saturated carbocycles. The molecule has 0 fully saturated rings. The zero-order valence-electron chi connectivity index (χ0n) is 17.1. The van der Waals surface area contributed by atoms with Gasteiger partial charge >= 0.3 is 6.18 Å². The Hall–Kier alpha value is -2.66. The number of carbonyl (C=O) groups is 1. The van der Waals surface area contributed by atoms with Crippen LogP contribution in [0.5, 0.6) is 0 Å². The molecule has 0 saturated heterocycles. The summed E-state index contributed by atoms with van der Waals surface area (Å²) in [5, 5.41) is 2.25. The third kappa shape index (κ3) is 6.06. The third-order valence-corrected chi connectivity index (χ3v) is 7.09. The Balaban J connectivity index is 1.96. The highest BCUT2D eigenvalue weighted by Gasteiger charge is 2.34. The van der Waals surface area contributed by atoms with Gasteiger partial charge in [0.15, 0.2) is 0 Å². The standard InChI is InChI=1S/C22H16Cl2F4N2O3S/c23-14-8-10-15(11-9-14)34(32,33)30(12-16-18(24)5-3-6-19(16)25)13-21(31)29-20-7-2-1-4-17(20)22(26,27)28/h1-11H,12-13H2,(H,29,31). The molecule has 3 aromatic rings. The molecule has 0 heterocycles. The predicted octanol–water partition coefficient (Wildman–Crippen LogP) is 5.98. The minimum atomic E-state index is -4.75. The lowest BCUT2D eigenvalue weighted by molar-refractivity contribution is -0.137. The third-order valence-electron chi connectivity index (χ3n) is 4.67. The van der Waals surface area contributed by atoms with Gasteiger partial charge in [-0.05, 0) is 48.5 Å². The van der Waals surface area contributed by atoms with E-state index >= 15 is 0 Å². The highest BCUT2D eigenvalue weighted by atomic mass is 35.5. The van der Waals surface area contributed by atoms with Crippen molar-refractivity contribution in [2.45, 2.75) is 17.6 Å². The maximum atomic E-state index is 14.4. The number of hydrogen-bond acceptors (Lipinski definition) is 3. The molecule has 0 atom stereocenters. The van der Waals surface area contributed by atoms with Crippen molar-refractivity contribution in [1.29, 1.82) is 0 Å². The van der Waals surface area contributed by atoms with Gasteiger partial charge in [0.1, 0.15) is 5.82 Å². The number of alkyl halides is 3. The summed E-state index contributed by atoms with van der Waals surface area (Å²) in [4.78, 5) is 12.4. The molecule has 0 aliphatic heterocycles. The molecule has 34 heavy (non-hydrogen) atoms. The van der Waals surface area contributed by atoms with Crippen molar-refractivity contribution in [3.63, 3.8) is 0 Å². The van der Waals surface area contributed by atoms with Gasteiger partial charge in [-0.3, -0.25) is 4.79 Å². The van der Waals surface area contributed by atoms with Crippen LogP contribution >= 0.6 is 23.2 Å². The molecular weight excluding hydrogens is 519 g/mol. The number of para-hydroxylation sites is 1. The molecule has 0 aliphatic rings. The van der Waals surface area contributed by atoms with Crippen molar-refractivity contribution in [2.75, 3.05) is 11.9 Å². The second kappa shape index (κ2) is 10.3. The lowest BCUT2D eigenvalue weighted by Gasteiger charge is -2.23. The van der Waals surface area contributed by atoms with Crippen LogP contribution in [-0.4, -0.2) is 25.2 Å². The maximum Gasteiger partial charge on any atom is 0.418 e. The minimum absolute atomic E-state index is 0.0841. The first kappa shape index (κ1) is 26.0. The second-order valence-corrected chi connectivity index (χ2v) is 9.80. The number of nitrogens with one attached hydrogen (secondary N) is 1. The topological polar surface area (TPSA) is 66.5 Å². The summed E-state index contributed by atoms with van der Waals surface area (Å²) in [6.07, 6.45) is -4.75. The van der Waals surface area contributed by atoms with Crippen LogP contribution in [-0.2, 0) is 27.5 Å². The number of carbonyl (C=O) groups excluding carboxylic acids is 1. The Morgan fingerprint density at radius 2 is 1.59 bits per heavy atom. The number of anilines is 1. The fraction of sp³-hybridized carbons (Fsp3) is 0.136. The maximum absolute atomic E-state index is 14.4. The highest BCUT2D eigenvalue weighted by molar-refractivity contribution is 7.89. The van der Waals surface area contributed by atoms with E-state index in [2.05, 4.69) is 5.32 Å². The van der Waals surface area contributed by atoms with E-state index in [4.69, 9.17) is 23.2 Å². The van der Waals surface area contributed by atoms with Crippen LogP contribution in [0.1, 0.15) is 11.1 Å². The first-order valence-electron chi connectivity index (χ1n) is 9.54. The summed E-state index contributed by atoms with van der Waals surface area (Å²) >= 11 is 11.8. The van der Waals surface area contributed by atoms with Gasteiger partial charge in [0.2, 0.25) is 15.9 Å². The number of sulfonamides is 1. The Labute approximate surface area is 203 Å².